The van der Waals surface area contributed by atoms with Gasteiger partial charge in [0.05, 0.1) is 6.10 Å². The Bertz CT molecular complexity index is 471. The fraction of sp³-hybridized carbons (Fsp3) is 0.588. The van der Waals surface area contributed by atoms with Gasteiger partial charge >= 0.3 is 0 Å². The predicted molar refractivity (Wildman–Crippen MR) is 89.2 cm³/mol. The van der Waals surface area contributed by atoms with E-state index >= 15 is 0 Å². The Balaban J connectivity index is 1.96. The second-order valence-corrected chi connectivity index (χ2v) is 5.54. The van der Waals surface area contributed by atoms with Crippen molar-refractivity contribution >= 4 is 11.6 Å². The first-order chi connectivity index (χ1) is 10.2. The van der Waals surface area contributed by atoms with Crippen molar-refractivity contribution < 1.29 is 4.74 Å². The van der Waals surface area contributed by atoms with Crippen molar-refractivity contribution in [1.82, 2.24) is 5.32 Å². The number of benzene rings is 1. The predicted octanol–water partition coefficient (Wildman–Crippen LogP) is 2.83. The summed E-state index contributed by atoms with van der Waals surface area (Å²) in [7, 11) is 0. The minimum atomic E-state index is 0.299. The van der Waals surface area contributed by atoms with Crippen molar-refractivity contribution in [3.8, 4) is 0 Å². The molecule has 0 saturated heterocycles. The first-order valence-corrected chi connectivity index (χ1v) is 7.97. The summed E-state index contributed by atoms with van der Waals surface area (Å²) >= 11 is 0. The second kappa shape index (κ2) is 8.03. The van der Waals surface area contributed by atoms with E-state index in [1.165, 1.54) is 11.3 Å². The summed E-state index contributed by atoms with van der Waals surface area (Å²) in [6.07, 6.45) is 2.35. The van der Waals surface area contributed by atoms with Gasteiger partial charge in [-0.05, 0) is 45.2 Å². The molecule has 4 heteroatoms. The number of hydrogen-bond donors (Lipinski definition) is 1. The van der Waals surface area contributed by atoms with Gasteiger partial charge in [0.25, 0.3) is 0 Å². The van der Waals surface area contributed by atoms with Gasteiger partial charge in [0, 0.05) is 31.9 Å². The minimum absolute atomic E-state index is 0.299. The smallest absolute Gasteiger partial charge is 0.198 e. The lowest BCUT2D eigenvalue weighted by Gasteiger charge is -2.22. The third kappa shape index (κ3) is 4.46. The summed E-state index contributed by atoms with van der Waals surface area (Å²) in [4.78, 5) is 7.04. The molecule has 0 unspecified atom stereocenters. The van der Waals surface area contributed by atoms with E-state index in [0.29, 0.717) is 6.10 Å². The van der Waals surface area contributed by atoms with Gasteiger partial charge in [0.1, 0.15) is 0 Å². The summed E-state index contributed by atoms with van der Waals surface area (Å²) in [5.74, 6) is 0.993. The van der Waals surface area contributed by atoms with Crippen LogP contribution in [0.4, 0.5) is 5.69 Å². The van der Waals surface area contributed by atoms with Crippen LogP contribution in [0.1, 0.15) is 32.8 Å². The largest absolute Gasteiger partial charge is 0.379 e. The zero-order chi connectivity index (χ0) is 15.1. The first kappa shape index (κ1) is 15.8. The molecule has 0 bridgehead atoms. The highest BCUT2D eigenvalue weighted by Crippen LogP contribution is 2.27. The van der Waals surface area contributed by atoms with E-state index in [1.54, 1.807) is 0 Å². The maximum atomic E-state index is 5.56. The highest BCUT2D eigenvalue weighted by atomic mass is 16.5. The number of ether oxygens (including phenoxy) is 1. The minimum Gasteiger partial charge on any atom is -0.379 e. The topological polar surface area (TPSA) is 36.9 Å². The maximum absolute atomic E-state index is 5.56. The van der Waals surface area contributed by atoms with Gasteiger partial charge in [0.2, 0.25) is 0 Å². The molecule has 2 rings (SSSR count). The molecule has 1 aromatic carbocycles. The fourth-order valence-corrected chi connectivity index (χ4v) is 2.52. The van der Waals surface area contributed by atoms with Crippen molar-refractivity contribution in [2.24, 2.45) is 4.99 Å². The van der Waals surface area contributed by atoms with E-state index in [2.05, 4.69) is 55.3 Å². The standard InChI is InChI=1S/C17H27N3O/c1-4-18-17(19-11-7-13-21-14(2)3)20-12-10-15-8-5-6-9-16(15)20/h5-6,8-9,14H,4,7,10-13H2,1-3H3,(H,18,19). The zero-order valence-electron chi connectivity index (χ0n) is 13.4. The third-order valence-electron chi connectivity index (χ3n) is 3.49. The molecule has 1 N–H and O–H groups in total. The van der Waals surface area contributed by atoms with Crippen molar-refractivity contribution in [2.75, 3.05) is 31.1 Å². The highest BCUT2D eigenvalue weighted by Gasteiger charge is 2.22. The Morgan fingerprint density at radius 3 is 2.95 bits per heavy atom. The molecule has 0 radical (unpaired) electrons. The van der Waals surface area contributed by atoms with E-state index in [1.807, 2.05) is 0 Å². The van der Waals surface area contributed by atoms with Gasteiger partial charge < -0.3 is 15.0 Å². The van der Waals surface area contributed by atoms with Crippen molar-refractivity contribution in [3.63, 3.8) is 0 Å². The molecule has 21 heavy (non-hydrogen) atoms. The van der Waals surface area contributed by atoms with Gasteiger partial charge in [-0.15, -0.1) is 0 Å². The van der Waals surface area contributed by atoms with Crippen molar-refractivity contribution in [1.29, 1.82) is 0 Å². The summed E-state index contributed by atoms with van der Waals surface area (Å²) in [5.41, 5.74) is 2.70. The molecule has 1 aliphatic heterocycles. The summed E-state index contributed by atoms with van der Waals surface area (Å²) in [5, 5.41) is 3.40. The van der Waals surface area contributed by atoms with Crippen LogP contribution in [0.25, 0.3) is 0 Å². The molecule has 0 amide bonds. The number of aliphatic imine (C=N–C) groups is 1. The molecular weight excluding hydrogens is 262 g/mol. The summed E-state index contributed by atoms with van der Waals surface area (Å²) < 4.78 is 5.56. The van der Waals surface area contributed by atoms with E-state index < -0.39 is 0 Å². The molecule has 0 spiro atoms. The molecule has 0 aliphatic carbocycles. The molecule has 0 saturated carbocycles. The van der Waals surface area contributed by atoms with Crippen LogP contribution >= 0.6 is 0 Å². The molecule has 1 aliphatic rings. The summed E-state index contributed by atoms with van der Waals surface area (Å²) in [6, 6.07) is 8.58. The Hall–Kier alpha value is -1.55. The van der Waals surface area contributed by atoms with E-state index in [9.17, 15) is 0 Å². The van der Waals surface area contributed by atoms with Gasteiger partial charge in [-0.25, -0.2) is 0 Å². The number of anilines is 1. The van der Waals surface area contributed by atoms with Crippen molar-refractivity contribution in [2.45, 2.75) is 39.7 Å². The van der Waals surface area contributed by atoms with Gasteiger partial charge in [-0.2, -0.15) is 0 Å². The SMILES string of the molecule is CCNC(=NCCCOC(C)C)N1CCc2ccccc21. The lowest BCUT2D eigenvalue weighted by Crippen LogP contribution is -2.40. The van der Waals surface area contributed by atoms with Gasteiger partial charge in [-0.3, -0.25) is 4.99 Å². The molecule has 116 valence electrons. The van der Waals surface area contributed by atoms with Crippen LogP contribution in [-0.4, -0.2) is 38.3 Å². The van der Waals surface area contributed by atoms with Crippen LogP contribution in [-0.2, 0) is 11.2 Å². The number of nitrogens with zero attached hydrogens (tertiary/aromatic N) is 2. The second-order valence-electron chi connectivity index (χ2n) is 5.54. The normalized spacial score (nSPS) is 14.7. The quantitative estimate of drug-likeness (QED) is 0.497. The number of rotatable bonds is 6. The first-order valence-electron chi connectivity index (χ1n) is 7.97. The average molecular weight is 289 g/mol. The van der Waals surface area contributed by atoms with E-state index in [4.69, 9.17) is 9.73 Å². The third-order valence-corrected chi connectivity index (χ3v) is 3.49. The lowest BCUT2D eigenvalue weighted by molar-refractivity contribution is 0.0783. The molecule has 1 heterocycles. The van der Waals surface area contributed by atoms with Crippen LogP contribution in [0, 0.1) is 0 Å². The highest BCUT2D eigenvalue weighted by molar-refractivity contribution is 5.97. The molecule has 0 fully saturated rings. The zero-order valence-corrected chi connectivity index (χ0v) is 13.4. The van der Waals surface area contributed by atoms with E-state index in [-0.39, 0.29) is 0 Å². The fourth-order valence-electron chi connectivity index (χ4n) is 2.52. The van der Waals surface area contributed by atoms with Crippen molar-refractivity contribution in [3.05, 3.63) is 29.8 Å². The Morgan fingerprint density at radius 1 is 1.38 bits per heavy atom. The number of hydrogen-bond acceptors (Lipinski definition) is 2. The molecule has 0 aromatic heterocycles. The van der Waals surface area contributed by atoms with Crippen LogP contribution in [0.15, 0.2) is 29.3 Å². The Labute approximate surface area is 128 Å². The summed E-state index contributed by atoms with van der Waals surface area (Å²) in [6.45, 7) is 9.71. The molecule has 1 aromatic rings. The number of fused-ring (bicyclic) bond motifs is 1. The molecule has 0 atom stereocenters. The van der Waals surface area contributed by atoms with E-state index in [0.717, 1.165) is 45.0 Å². The number of guanidine groups is 1. The monoisotopic (exact) mass is 289 g/mol. The van der Waals surface area contributed by atoms with Crippen LogP contribution in [0.3, 0.4) is 0 Å². The number of para-hydroxylation sites is 1. The number of nitrogens with one attached hydrogen (secondary N) is 1. The molecular formula is C17H27N3O. The van der Waals surface area contributed by atoms with Crippen LogP contribution in [0.2, 0.25) is 0 Å². The Kier molecular flexibility index (Phi) is 6.05. The molecule has 4 nitrogen and oxygen atoms in total. The van der Waals surface area contributed by atoms with Crippen LogP contribution in [0.5, 0.6) is 0 Å². The Morgan fingerprint density at radius 2 is 2.19 bits per heavy atom. The van der Waals surface area contributed by atoms with Gasteiger partial charge in [0.15, 0.2) is 5.96 Å². The lowest BCUT2D eigenvalue weighted by atomic mass is 10.2. The maximum Gasteiger partial charge on any atom is 0.198 e. The average Bonchev–Trinajstić information content (AvgIpc) is 2.89. The van der Waals surface area contributed by atoms with Crippen LogP contribution < -0.4 is 10.2 Å². The van der Waals surface area contributed by atoms with Gasteiger partial charge in [-0.1, -0.05) is 18.2 Å².